The van der Waals surface area contributed by atoms with E-state index in [1.54, 1.807) is 18.2 Å². The minimum Gasteiger partial charge on any atom is -0.368 e. The molecule has 21 heavy (non-hydrogen) atoms. The van der Waals surface area contributed by atoms with E-state index in [9.17, 15) is 9.59 Å². The Kier molecular flexibility index (Phi) is 5.57. The molecule has 0 spiro atoms. The van der Waals surface area contributed by atoms with Gasteiger partial charge in [0.2, 0.25) is 5.91 Å². The van der Waals surface area contributed by atoms with Gasteiger partial charge in [-0.25, -0.2) is 4.79 Å². The van der Waals surface area contributed by atoms with Crippen LogP contribution in [0.2, 0.25) is 0 Å². The molecule has 0 aliphatic heterocycles. The van der Waals surface area contributed by atoms with Crippen molar-refractivity contribution in [1.82, 2.24) is 5.32 Å². The largest absolute Gasteiger partial charge is 0.368 e. The van der Waals surface area contributed by atoms with Crippen LogP contribution in [-0.4, -0.2) is 24.6 Å². The van der Waals surface area contributed by atoms with Crippen LogP contribution in [0.4, 0.5) is 10.5 Å². The van der Waals surface area contributed by atoms with Crippen molar-refractivity contribution in [1.29, 1.82) is 0 Å². The van der Waals surface area contributed by atoms with E-state index in [2.05, 4.69) is 10.6 Å². The Morgan fingerprint density at radius 3 is 2.76 bits per heavy atom. The molecule has 6 nitrogen and oxygen atoms in total. The molecule has 2 rings (SSSR count). The van der Waals surface area contributed by atoms with E-state index in [1.165, 1.54) is 12.8 Å². The minimum absolute atomic E-state index is 0.101. The second kappa shape index (κ2) is 7.64. The average molecular weight is 291 g/mol. The second-order valence-corrected chi connectivity index (χ2v) is 5.18. The molecular formula is C15H21N3O3. The van der Waals surface area contributed by atoms with Crippen molar-refractivity contribution in [3.05, 3.63) is 29.8 Å². The van der Waals surface area contributed by atoms with E-state index in [0.29, 0.717) is 12.2 Å². The molecule has 6 heteroatoms. The number of primary amides is 1. The Labute approximate surface area is 124 Å². The molecule has 1 fully saturated rings. The Hall–Kier alpha value is -2.08. The maximum Gasteiger partial charge on any atom is 0.316 e. The highest BCUT2D eigenvalue weighted by atomic mass is 16.5. The molecule has 0 bridgehead atoms. The van der Waals surface area contributed by atoms with Crippen molar-refractivity contribution < 1.29 is 14.3 Å². The van der Waals surface area contributed by atoms with Gasteiger partial charge in [0.05, 0.1) is 6.10 Å². The number of rotatable bonds is 6. The third-order valence-corrected chi connectivity index (χ3v) is 3.44. The van der Waals surface area contributed by atoms with E-state index < -0.39 is 6.03 Å². The zero-order valence-electron chi connectivity index (χ0n) is 11.9. The molecule has 3 amide bonds. The van der Waals surface area contributed by atoms with Crippen molar-refractivity contribution in [3.8, 4) is 0 Å². The van der Waals surface area contributed by atoms with Gasteiger partial charge in [0, 0.05) is 12.2 Å². The standard InChI is InChI=1S/C15H21N3O3/c16-15(20)18-12-5-3-4-11(8-12)9-17-14(19)10-21-13-6-1-2-7-13/h3-5,8,13H,1-2,6-7,9-10H2,(H,17,19)(H3,16,18,20). The van der Waals surface area contributed by atoms with Crippen LogP contribution in [0.3, 0.4) is 0 Å². The molecule has 0 atom stereocenters. The second-order valence-electron chi connectivity index (χ2n) is 5.18. The minimum atomic E-state index is -0.610. The lowest BCUT2D eigenvalue weighted by Crippen LogP contribution is -2.29. The Balaban J connectivity index is 1.73. The van der Waals surface area contributed by atoms with Gasteiger partial charge in [0.25, 0.3) is 0 Å². The highest BCUT2D eigenvalue weighted by Crippen LogP contribution is 2.20. The van der Waals surface area contributed by atoms with Gasteiger partial charge in [-0.05, 0) is 30.5 Å². The number of nitrogens with one attached hydrogen (secondary N) is 2. The smallest absolute Gasteiger partial charge is 0.316 e. The van der Waals surface area contributed by atoms with Crippen LogP contribution in [-0.2, 0) is 16.1 Å². The lowest BCUT2D eigenvalue weighted by atomic mass is 10.2. The van der Waals surface area contributed by atoms with Crippen molar-refractivity contribution >= 4 is 17.6 Å². The first-order valence-electron chi connectivity index (χ1n) is 7.17. The van der Waals surface area contributed by atoms with Gasteiger partial charge in [-0.1, -0.05) is 25.0 Å². The van der Waals surface area contributed by atoms with E-state index >= 15 is 0 Å². The normalized spacial score (nSPS) is 14.9. The number of anilines is 1. The van der Waals surface area contributed by atoms with E-state index in [1.807, 2.05) is 6.07 Å². The summed E-state index contributed by atoms with van der Waals surface area (Å²) in [6.07, 6.45) is 4.71. The summed E-state index contributed by atoms with van der Waals surface area (Å²) in [4.78, 5) is 22.5. The first-order valence-corrected chi connectivity index (χ1v) is 7.17. The fourth-order valence-electron chi connectivity index (χ4n) is 2.40. The summed E-state index contributed by atoms with van der Waals surface area (Å²) in [5.74, 6) is -0.129. The van der Waals surface area contributed by atoms with Crippen molar-refractivity contribution in [2.24, 2.45) is 5.73 Å². The molecule has 1 aliphatic carbocycles. The Bertz CT molecular complexity index is 499. The summed E-state index contributed by atoms with van der Waals surface area (Å²) >= 11 is 0. The summed E-state index contributed by atoms with van der Waals surface area (Å²) < 4.78 is 5.54. The number of benzene rings is 1. The van der Waals surface area contributed by atoms with Gasteiger partial charge < -0.3 is 21.1 Å². The van der Waals surface area contributed by atoms with Crippen LogP contribution >= 0.6 is 0 Å². The zero-order chi connectivity index (χ0) is 15.1. The molecule has 0 saturated heterocycles. The lowest BCUT2D eigenvalue weighted by molar-refractivity contribution is -0.127. The van der Waals surface area contributed by atoms with Crippen LogP contribution in [0.1, 0.15) is 31.2 Å². The predicted octanol–water partition coefficient (Wildman–Crippen LogP) is 1.75. The molecule has 1 saturated carbocycles. The quantitative estimate of drug-likeness (QED) is 0.745. The third-order valence-electron chi connectivity index (χ3n) is 3.44. The SMILES string of the molecule is NC(=O)Nc1cccc(CNC(=O)COC2CCCC2)c1. The van der Waals surface area contributed by atoms with Gasteiger partial charge in [-0.2, -0.15) is 0 Å². The number of hydrogen-bond acceptors (Lipinski definition) is 3. The number of hydrogen-bond donors (Lipinski definition) is 3. The molecule has 4 N–H and O–H groups in total. The molecule has 1 aromatic carbocycles. The predicted molar refractivity (Wildman–Crippen MR) is 79.7 cm³/mol. The third kappa shape index (κ3) is 5.43. The zero-order valence-corrected chi connectivity index (χ0v) is 11.9. The summed E-state index contributed by atoms with van der Waals surface area (Å²) in [6.45, 7) is 0.491. The molecule has 0 aromatic heterocycles. The van der Waals surface area contributed by atoms with Crippen molar-refractivity contribution in [3.63, 3.8) is 0 Å². The first-order chi connectivity index (χ1) is 10.1. The van der Waals surface area contributed by atoms with E-state index in [-0.39, 0.29) is 18.6 Å². The number of urea groups is 1. The molecule has 0 unspecified atom stereocenters. The maximum atomic E-state index is 11.7. The van der Waals surface area contributed by atoms with Gasteiger partial charge in [-0.3, -0.25) is 4.79 Å². The molecule has 0 radical (unpaired) electrons. The Morgan fingerprint density at radius 1 is 1.29 bits per heavy atom. The summed E-state index contributed by atoms with van der Waals surface area (Å²) in [6, 6.07) is 6.55. The average Bonchev–Trinajstić information content (AvgIpc) is 2.96. The van der Waals surface area contributed by atoms with Gasteiger partial charge in [0.1, 0.15) is 6.61 Å². The summed E-state index contributed by atoms with van der Waals surface area (Å²) in [7, 11) is 0. The Morgan fingerprint density at radius 2 is 2.05 bits per heavy atom. The van der Waals surface area contributed by atoms with Crippen molar-refractivity contribution in [2.45, 2.75) is 38.3 Å². The fourth-order valence-corrected chi connectivity index (χ4v) is 2.40. The molecule has 0 heterocycles. The van der Waals surface area contributed by atoms with Crippen LogP contribution in [0.25, 0.3) is 0 Å². The van der Waals surface area contributed by atoms with Gasteiger partial charge in [0.15, 0.2) is 0 Å². The number of amides is 3. The van der Waals surface area contributed by atoms with Gasteiger partial charge >= 0.3 is 6.03 Å². The highest BCUT2D eigenvalue weighted by molar-refractivity contribution is 5.87. The molecule has 1 aliphatic rings. The van der Waals surface area contributed by atoms with Crippen LogP contribution in [0.5, 0.6) is 0 Å². The summed E-state index contributed by atoms with van der Waals surface area (Å²) in [5.41, 5.74) is 6.55. The van der Waals surface area contributed by atoms with Gasteiger partial charge in [-0.15, -0.1) is 0 Å². The van der Waals surface area contributed by atoms with E-state index in [0.717, 1.165) is 18.4 Å². The number of carbonyl (C=O) groups is 2. The van der Waals surface area contributed by atoms with Crippen LogP contribution in [0.15, 0.2) is 24.3 Å². The number of nitrogens with two attached hydrogens (primary N) is 1. The molecule has 1 aromatic rings. The monoisotopic (exact) mass is 291 g/mol. The maximum absolute atomic E-state index is 11.7. The first kappa shape index (κ1) is 15.3. The van der Waals surface area contributed by atoms with Crippen molar-refractivity contribution in [2.75, 3.05) is 11.9 Å². The highest BCUT2D eigenvalue weighted by Gasteiger charge is 2.16. The van der Waals surface area contributed by atoms with E-state index in [4.69, 9.17) is 10.5 Å². The topological polar surface area (TPSA) is 93.5 Å². The number of ether oxygens (including phenoxy) is 1. The lowest BCUT2D eigenvalue weighted by Gasteiger charge is -2.11. The number of carbonyl (C=O) groups excluding carboxylic acids is 2. The molecular weight excluding hydrogens is 270 g/mol. The molecule has 114 valence electrons. The van der Waals surface area contributed by atoms with Crippen LogP contribution < -0.4 is 16.4 Å². The summed E-state index contributed by atoms with van der Waals surface area (Å²) in [5, 5.41) is 5.29. The van der Waals surface area contributed by atoms with Crippen LogP contribution in [0, 0.1) is 0 Å². The fraction of sp³-hybridized carbons (Fsp3) is 0.467.